The van der Waals surface area contributed by atoms with E-state index in [1.165, 1.54) is 0 Å². The van der Waals surface area contributed by atoms with Gasteiger partial charge in [0.15, 0.2) is 0 Å². The highest BCUT2D eigenvalue weighted by molar-refractivity contribution is 7.99. The monoisotopic (exact) mass is 336 g/mol. The molecule has 0 aliphatic rings. The van der Waals surface area contributed by atoms with Crippen molar-refractivity contribution in [2.24, 2.45) is 0 Å². The molecule has 0 bridgehead atoms. The molecule has 1 heterocycles. The normalized spacial score (nSPS) is 10.4. The van der Waals surface area contributed by atoms with E-state index in [0.717, 1.165) is 25.6 Å². The van der Waals surface area contributed by atoms with Crippen LogP contribution in [0.3, 0.4) is 0 Å². The lowest BCUT2D eigenvalue weighted by molar-refractivity contribution is 1.15. The third-order valence-corrected chi connectivity index (χ3v) is 5.20. The highest BCUT2D eigenvalue weighted by Gasteiger charge is 2.18. The summed E-state index contributed by atoms with van der Waals surface area (Å²) >= 11 is 19.1. The van der Waals surface area contributed by atoms with Gasteiger partial charge in [0.2, 0.25) is 0 Å². The van der Waals surface area contributed by atoms with Crippen LogP contribution in [0.1, 0.15) is 13.8 Å². The standard InChI is InChI=1S/C9H10N2S5.C2H6/c1-16-8-4-2(6(13)9(15)11-4)5(12)3(10)7(8)14;1-2/h11-15H,10H2,1H3;1-2H3. The number of anilines is 1. The molecule has 0 amide bonds. The highest BCUT2D eigenvalue weighted by Crippen LogP contribution is 2.44. The Balaban J connectivity index is 0.000000771. The second-order valence-corrected chi connectivity index (χ2v) is 5.82. The van der Waals surface area contributed by atoms with Crippen LogP contribution in [-0.4, -0.2) is 11.2 Å². The zero-order valence-electron chi connectivity index (χ0n) is 10.3. The number of rotatable bonds is 1. The molecule has 18 heavy (non-hydrogen) atoms. The van der Waals surface area contributed by atoms with Gasteiger partial charge in [0, 0.05) is 25.0 Å². The molecule has 0 unspecified atom stereocenters. The Kier molecular flexibility index (Phi) is 6.05. The third-order valence-electron chi connectivity index (χ3n) is 2.35. The smallest absolute Gasteiger partial charge is 0.0838 e. The number of nitrogen functional groups attached to an aromatic ring is 1. The van der Waals surface area contributed by atoms with Gasteiger partial charge in [-0.05, 0) is 6.26 Å². The molecule has 0 spiro atoms. The summed E-state index contributed by atoms with van der Waals surface area (Å²) in [6.07, 6.45) is 1.98. The van der Waals surface area contributed by atoms with Gasteiger partial charge < -0.3 is 10.7 Å². The largest absolute Gasteiger partial charge is 0.397 e. The van der Waals surface area contributed by atoms with Crippen LogP contribution in [0.2, 0.25) is 0 Å². The number of H-pyrrole nitrogens is 1. The number of fused-ring (bicyclic) bond motifs is 1. The number of hydrogen-bond acceptors (Lipinski definition) is 6. The molecule has 100 valence electrons. The second-order valence-electron chi connectivity index (χ2n) is 3.22. The summed E-state index contributed by atoms with van der Waals surface area (Å²) in [6.45, 7) is 4.00. The molecule has 2 nitrogen and oxygen atoms in total. The summed E-state index contributed by atoms with van der Waals surface area (Å²) in [5, 5.41) is 1.61. The molecule has 0 fully saturated rings. The van der Waals surface area contributed by atoms with Crippen molar-refractivity contribution in [1.29, 1.82) is 0 Å². The van der Waals surface area contributed by atoms with E-state index in [-0.39, 0.29) is 0 Å². The quantitative estimate of drug-likeness (QED) is 0.261. The zero-order valence-corrected chi connectivity index (χ0v) is 14.7. The molecule has 0 aliphatic heterocycles. The van der Waals surface area contributed by atoms with Gasteiger partial charge >= 0.3 is 0 Å². The molecule has 0 atom stereocenters. The van der Waals surface area contributed by atoms with Crippen molar-refractivity contribution >= 4 is 78.9 Å². The van der Waals surface area contributed by atoms with Crippen molar-refractivity contribution in [1.82, 2.24) is 4.98 Å². The first-order chi connectivity index (χ1) is 8.49. The molecule has 2 rings (SSSR count). The molecule has 0 saturated carbocycles. The number of nitrogens with two attached hydrogens (primary N) is 1. The molecule has 0 saturated heterocycles. The van der Waals surface area contributed by atoms with E-state index in [4.69, 9.17) is 5.73 Å². The number of thiol groups is 4. The molecule has 7 heteroatoms. The van der Waals surface area contributed by atoms with Crippen molar-refractivity contribution < 1.29 is 0 Å². The number of aromatic amines is 1. The summed E-state index contributed by atoms with van der Waals surface area (Å²) in [7, 11) is 0. The molecule has 2 aromatic rings. The minimum absolute atomic E-state index is 0.575. The fraction of sp³-hybridized carbons (Fsp3) is 0.273. The van der Waals surface area contributed by atoms with Crippen LogP contribution < -0.4 is 5.73 Å². The van der Waals surface area contributed by atoms with E-state index in [1.54, 1.807) is 11.8 Å². The van der Waals surface area contributed by atoms with Crippen molar-refractivity contribution in [2.45, 2.75) is 38.5 Å². The van der Waals surface area contributed by atoms with Crippen molar-refractivity contribution in [3.63, 3.8) is 0 Å². The number of thioether (sulfide) groups is 1. The molecule has 3 N–H and O–H groups in total. The summed E-state index contributed by atoms with van der Waals surface area (Å²) in [5.41, 5.74) is 7.48. The number of nitrogens with one attached hydrogen (secondary N) is 1. The fourth-order valence-corrected chi connectivity index (χ4v) is 3.74. The average molecular weight is 337 g/mol. The average Bonchev–Trinajstić information content (AvgIpc) is 2.66. The van der Waals surface area contributed by atoms with Gasteiger partial charge in [-0.25, -0.2) is 0 Å². The first-order valence-corrected chi connectivity index (χ1v) is 8.31. The first kappa shape index (κ1) is 16.4. The Labute approximate surface area is 134 Å². The number of hydrogen-bond donors (Lipinski definition) is 6. The lowest BCUT2D eigenvalue weighted by atomic mass is 10.2. The summed E-state index contributed by atoms with van der Waals surface area (Å²) in [4.78, 5) is 6.36. The summed E-state index contributed by atoms with van der Waals surface area (Å²) in [6, 6.07) is 0. The van der Waals surface area contributed by atoms with Gasteiger partial charge in [-0.15, -0.1) is 62.3 Å². The summed E-state index contributed by atoms with van der Waals surface area (Å²) in [5.74, 6) is 0. The fourth-order valence-electron chi connectivity index (χ4n) is 1.56. The van der Waals surface area contributed by atoms with E-state index in [1.807, 2.05) is 20.1 Å². The maximum Gasteiger partial charge on any atom is 0.0838 e. The van der Waals surface area contributed by atoms with E-state index < -0.39 is 0 Å². The Morgan fingerprint density at radius 2 is 1.56 bits per heavy atom. The Hall–Kier alpha value is 0.310. The number of aromatic nitrogens is 1. The van der Waals surface area contributed by atoms with Crippen LogP contribution in [0.5, 0.6) is 0 Å². The maximum atomic E-state index is 5.96. The Bertz CT molecular complexity index is 577. The molecule has 1 aromatic carbocycles. The first-order valence-electron chi connectivity index (χ1n) is 5.30. The van der Waals surface area contributed by atoms with Crippen molar-refractivity contribution in [3.8, 4) is 0 Å². The predicted octanol–water partition coefficient (Wildman–Crippen LogP) is 4.65. The second kappa shape index (κ2) is 6.65. The molecule has 1 aromatic heterocycles. The zero-order chi connectivity index (χ0) is 14.0. The topological polar surface area (TPSA) is 41.8 Å². The lowest BCUT2D eigenvalue weighted by Crippen LogP contribution is -1.93. The van der Waals surface area contributed by atoms with Crippen LogP contribution in [0.15, 0.2) is 24.6 Å². The Morgan fingerprint density at radius 3 is 2.06 bits per heavy atom. The molecule has 0 aliphatic carbocycles. The molecular formula is C11H16N2S5. The van der Waals surface area contributed by atoms with Gasteiger partial charge in [-0.3, -0.25) is 0 Å². The number of benzene rings is 1. The highest BCUT2D eigenvalue weighted by atomic mass is 32.2. The molecule has 0 radical (unpaired) electrons. The van der Waals surface area contributed by atoms with Crippen LogP contribution >= 0.6 is 62.3 Å². The van der Waals surface area contributed by atoms with E-state index in [9.17, 15) is 0 Å². The van der Waals surface area contributed by atoms with Gasteiger partial charge in [0.1, 0.15) is 0 Å². The van der Waals surface area contributed by atoms with Crippen LogP contribution in [0.25, 0.3) is 10.9 Å². The van der Waals surface area contributed by atoms with Crippen LogP contribution in [0, 0.1) is 0 Å². The predicted molar refractivity (Wildman–Crippen MR) is 94.8 cm³/mol. The van der Waals surface area contributed by atoms with E-state index >= 15 is 0 Å². The lowest BCUT2D eigenvalue weighted by Gasteiger charge is -2.10. The van der Waals surface area contributed by atoms with Crippen LogP contribution in [-0.2, 0) is 0 Å². The minimum atomic E-state index is 0.575. The minimum Gasteiger partial charge on any atom is -0.397 e. The van der Waals surface area contributed by atoms with E-state index in [0.29, 0.717) is 15.6 Å². The van der Waals surface area contributed by atoms with Crippen LogP contribution in [0.4, 0.5) is 5.69 Å². The third kappa shape index (κ3) is 2.60. The van der Waals surface area contributed by atoms with Crippen molar-refractivity contribution in [2.75, 3.05) is 12.0 Å². The Morgan fingerprint density at radius 1 is 1.00 bits per heavy atom. The van der Waals surface area contributed by atoms with Gasteiger partial charge in [-0.1, -0.05) is 13.8 Å². The summed E-state index contributed by atoms with van der Waals surface area (Å²) < 4.78 is 0. The van der Waals surface area contributed by atoms with Gasteiger partial charge in [0.05, 0.1) is 16.2 Å². The van der Waals surface area contributed by atoms with E-state index in [2.05, 4.69) is 55.5 Å². The van der Waals surface area contributed by atoms with Gasteiger partial charge in [-0.2, -0.15) is 0 Å². The maximum absolute atomic E-state index is 5.96. The SMILES string of the molecule is CC.CSc1c(S)c(N)c(S)c2c(S)c(S)[nH]c12. The molecular weight excluding hydrogens is 320 g/mol. The van der Waals surface area contributed by atoms with Crippen molar-refractivity contribution in [3.05, 3.63) is 0 Å². The van der Waals surface area contributed by atoms with Gasteiger partial charge in [0.25, 0.3) is 0 Å².